The van der Waals surface area contributed by atoms with Gasteiger partial charge in [0.2, 0.25) is 0 Å². The van der Waals surface area contributed by atoms with Crippen LogP contribution >= 0.6 is 0 Å². The van der Waals surface area contributed by atoms with Gasteiger partial charge >= 0.3 is 0 Å². The molecular weight excluding hydrogens is 248 g/mol. The predicted octanol–water partition coefficient (Wildman–Crippen LogP) is 3.30. The molecule has 1 heterocycles. The van der Waals surface area contributed by atoms with Gasteiger partial charge in [-0.2, -0.15) is 0 Å². The summed E-state index contributed by atoms with van der Waals surface area (Å²) in [5.41, 5.74) is 2.47. The van der Waals surface area contributed by atoms with Crippen LogP contribution in [0.25, 0.3) is 0 Å². The Kier molecular flexibility index (Phi) is 4.93. The van der Waals surface area contributed by atoms with Crippen LogP contribution < -0.4 is 10.6 Å². The molecule has 2 aromatic rings. The highest BCUT2D eigenvalue weighted by molar-refractivity contribution is 5.57. The average Bonchev–Trinajstić information content (AvgIpc) is 2.52. The van der Waals surface area contributed by atoms with E-state index < -0.39 is 0 Å². The Morgan fingerprint density at radius 3 is 2.45 bits per heavy atom. The van der Waals surface area contributed by atoms with E-state index in [1.807, 2.05) is 13.1 Å². The van der Waals surface area contributed by atoms with Gasteiger partial charge in [-0.05, 0) is 17.9 Å². The number of nitrogens with zero attached hydrogens (tertiary/aromatic N) is 2. The normalized spacial score (nSPS) is 11.9. The van der Waals surface area contributed by atoms with Crippen molar-refractivity contribution in [1.29, 1.82) is 0 Å². The summed E-state index contributed by atoms with van der Waals surface area (Å²) in [5, 5.41) is 6.56. The second-order valence-corrected chi connectivity index (χ2v) is 4.85. The molecule has 0 fully saturated rings. The fourth-order valence-electron chi connectivity index (χ4n) is 2.26. The molecule has 2 rings (SSSR count). The van der Waals surface area contributed by atoms with E-state index in [0.29, 0.717) is 5.92 Å². The first-order valence-electron chi connectivity index (χ1n) is 7.06. The molecule has 4 heteroatoms. The van der Waals surface area contributed by atoms with Gasteiger partial charge < -0.3 is 10.6 Å². The second kappa shape index (κ2) is 6.89. The molecule has 0 spiro atoms. The minimum Gasteiger partial charge on any atom is -0.373 e. The molecule has 1 unspecified atom stereocenters. The highest BCUT2D eigenvalue weighted by Gasteiger charge is 2.10. The lowest BCUT2D eigenvalue weighted by atomic mass is 10.0. The number of hydrogen-bond donors (Lipinski definition) is 2. The molecule has 0 aliphatic rings. The molecule has 2 N–H and O–H groups in total. The number of benzene rings is 1. The maximum Gasteiger partial charge on any atom is 0.134 e. The minimum absolute atomic E-state index is 0.439. The zero-order valence-corrected chi connectivity index (χ0v) is 12.4. The molecule has 0 radical (unpaired) electrons. The van der Waals surface area contributed by atoms with Crippen LogP contribution in [0.1, 0.15) is 30.9 Å². The second-order valence-electron chi connectivity index (χ2n) is 4.85. The van der Waals surface area contributed by atoms with Gasteiger partial charge in [0, 0.05) is 19.2 Å². The molecule has 20 heavy (non-hydrogen) atoms. The number of rotatable bonds is 6. The third-order valence-corrected chi connectivity index (χ3v) is 3.48. The summed E-state index contributed by atoms with van der Waals surface area (Å²) in [5.74, 6) is 2.26. The Morgan fingerprint density at radius 2 is 1.80 bits per heavy atom. The third kappa shape index (κ3) is 3.26. The fourth-order valence-corrected chi connectivity index (χ4v) is 2.26. The molecule has 1 aromatic heterocycles. The molecule has 0 bridgehead atoms. The van der Waals surface area contributed by atoms with Crippen LogP contribution in [0, 0.1) is 0 Å². The number of hydrogen-bond acceptors (Lipinski definition) is 4. The quantitative estimate of drug-likeness (QED) is 0.845. The number of anilines is 2. The monoisotopic (exact) mass is 270 g/mol. The van der Waals surface area contributed by atoms with E-state index in [-0.39, 0.29) is 0 Å². The van der Waals surface area contributed by atoms with E-state index in [2.05, 4.69) is 58.7 Å². The molecule has 1 aromatic carbocycles. The molecule has 106 valence electrons. The highest BCUT2D eigenvalue weighted by atomic mass is 15.1. The van der Waals surface area contributed by atoms with Gasteiger partial charge in [0.25, 0.3) is 0 Å². The van der Waals surface area contributed by atoms with Crippen molar-refractivity contribution in [3.63, 3.8) is 0 Å². The van der Waals surface area contributed by atoms with Gasteiger partial charge in [-0.3, -0.25) is 0 Å². The van der Waals surface area contributed by atoms with Crippen molar-refractivity contribution in [3.8, 4) is 0 Å². The van der Waals surface area contributed by atoms with E-state index in [4.69, 9.17) is 0 Å². The first kappa shape index (κ1) is 14.3. The smallest absolute Gasteiger partial charge is 0.134 e. The van der Waals surface area contributed by atoms with Crippen molar-refractivity contribution >= 4 is 11.6 Å². The Labute approximate surface area is 120 Å². The van der Waals surface area contributed by atoms with Gasteiger partial charge in [0.15, 0.2) is 0 Å². The molecule has 0 saturated heterocycles. The van der Waals surface area contributed by atoms with Crippen molar-refractivity contribution in [2.24, 2.45) is 0 Å². The lowest BCUT2D eigenvalue weighted by molar-refractivity contribution is 0.798. The molecule has 1 atom stereocenters. The summed E-state index contributed by atoms with van der Waals surface area (Å²) in [6.07, 6.45) is 2.50. The summed E-state index contributed by atoms with van der Waals surface area (Å²) in [4.78, 5) is 8.61. The molecule has 0 aliphatic heterocycles. The van der Waals surface area contributed by atoms with E-state index in [0.717, 1.165) is 30.2 Å². The van der Waals surface area contributed by atoms with Crippen molar-refractivity contribution in [1.82, 2.24) is 9.97 Å². The summed E-state index contributed by atoms with van der Waals surface area (Å²) in [6, 6.07) is 10.5. The third-order valence-electron chi connectivity index (χ3n) is 3.48. The Balaban J connectivity index is 2.07. The van der Waals surface area contributed by atoms with Gasteiger partial charge in [-0.25, -0.2) is 9.97 Å². The Hall–Kier alpha value is -2.10. The SMILES string of the molecule is CCc1c(NC)ncnc1NCC(C)c1ccccc1. The van der Waals surface area contributed by atoms with E-state index in [9.17, 15) is 0 Å². The van der Waals surface area contributed by atoms with Crippen molar-refractivity contribution in [2.45, 2.75) is 26.2 Å². The van der Waals surface area contributed by atoms with Crippen LogP contribution in [0.5, 0.6) is 0 Å². The van der Waals surface area contributed by atoms with Crippen LogP contribution in [0.15, 0.2) is 36.7 Å². The van der Waals surface area contributed by atoms with Crippen LogP contribution in [0.2, 0.25) is 0 Å². The number of nitrogens with one attached hydrogen (secondary N) is 2. The van der Waals surface area contributed by atoms with Crippen molar-refractivity contribution < 1.29 is 0 Å². The first-order chi connectivity index (χ1) is 9.76. The van der Waals surface area contributed by atoms with Crippen LogP contribution in [-0.4, -0.2) is 23.6 Å². The summed E-state index contributed by atoms with van der Waals surface area (Å²) >= 11 is 0. The molecule has 0 amide bonds. The van der Waals surface area contributed by atoms with Gasteiger partial charge in [0.1, 0.15) is 18.0 Å². The lowest BCUT2D eigenvalue weighted by Crippen LogP contribution is -2.13. The van der Waals surface area contributed by atoms with Crippen molar-refractivity contribution in [2.75, 3.05) is 24.2 Å². The predicted molar refractivity (Wildman–Crippen MR) is 84.3 cm³/mol. The Morgan fingerprint density at radius 1 is 1.10 bits per heavy atom. The average molecular weight is 270 g/mol. The van der Waals surface area contributed by atoms with Gasteiger partial charge in [-0.1, -0.05) is 44.2 Å². The van der Waals surface area contributed by atoms with E-state index in [1.165, 1.54) is 5.56 Å². The van der Waals surface area contributed by atoms with E-state index in [1.54, 1.807) is 6.33 Å². The lowest BCUT2D eigenvalue weighted by Gasteiger charge is -2.16. The van der Waals surface area contributed by atoms with Crippen LogP contribution in [-0.2, 0) is 6.42 Å². The maximum atomic E-state index is 4.36. The zero-order valence-electron chi connectivity index (χ0n) is 12.4. The standard InChI is InChI=1S/C16H22N4/c1-4-14-15(17-3)19-11-20-16(14)18-10-12(2)13-8-6-5-7-9-13/h5-9,11-12H,4,10H2,1-3H3,(H2,17,18,19,20). The van der Waals surface area contributed by atoms with Crippen molar-refractivity contribution in [3.05, 3.63) is 47.8 Å². The van der Waals surface area contributed by atoms with Crippen LogP contribution in [0.3, 0.4) is 0 Å². The molecule has 4 nitrogen and oxygen atoms in total. The molecular formula is C16H22N4. The fraction of sp³-hybridized carbons (Fsp3) is 0.375. The number of aromatic nitrogens is 2. The Bertz CT molecular complexity index is 539. The topological polar surface area (TPSA) is 49.8 Å². The van der Waals surface area contributed by atoms with E-state index >= 15 is 0 Å². The van der Waals surface area contributed by atoms with Gasteiger partial charge in [0.05, 0.1) is 0 Å². The summed E-state index contributed by atoms with van der Waals surface area (Å²) in [7, 11) is 1.89. The molecule has 0 aliphatic carbocycles. The van der Waals surface area contributed by atoms with Crippen LogP contribution in [0.4, 0.5) is 11.6 Å². The summed E-state index contributed by atoms with van der Waals surface area (Å²) in [6.45, 7) is 5.19. The van der Waals surface area contributed by atoms with Gasteiger partial charge in [-0.15, -0.1) is 0 Å². The highest BCUT2D eigenvalue weighted by Crippen LogP contribution is 2.21. The first-order valence-corrected chi connectivity index (χ1v) is 7.06. The maximum absolute atomic E-state index is 4.36. The molecule has 0 saturated carbocycles. The minimum atomic E-state index is 0.439. The largest absolute Gasteiger partial charge is 0.373 e. The zero-order chi connectivity index (χ0) is 14.4. The summed E-state index contributed by atoms with van der Waals surface area (Å²) < 4.78 is 0.